The van der Waals surface area contributed by atoms with Crippen LogP contribution in [0.1, 0.15) is 48.0 Å². The van der Waals surface area contributed by atoms with Gasteiger partial charge in [-0.3, -0.25) is 9.78 Å². The van der Waals surface area contributed by atoms with Crippen LogP contribution in [0.4, 0.5) is 0 Å². The summed E-state index contributed by atoms with van der Waals surface area (Å²) < 4.78 is 31.6. The highest BCUT2D eigenvalue weighted by Crippen LogP contribution is 2.29. The Balaban J connectivity index is 1.78. The van der Waals surface area contributed by atoms with Crippen molar-refractivity contribution in [1.29, 1.82) is 0 Å². The lowest BCUT2D eigenvalue weighted by Gasteiger charge is -2.22. The molecule has 1 N–H and O–H groups in total. The number of amides is 1. The van der Waals surface area contributed by atoms with Gasteiger partial charge >= 0.3 is 0 Å². The predicted molar refractivity (Wildman–Crippen MR) is 110 cm³/mol. The van der Waals surface area contributed by atoms with Crippen LogP contribution in [-0.2, 0) is 15.6 Å². The normalized spacial score (nSPS) is 15.2. The van der Waals surface area contributed by atoms with Gasteiger partial charge in [-0.05, 0) is 42.7 Å². The van der Waals surface area contributed by atoms with Crippen LogP contribution in [0.3, 0.4) is 0 Å². The molecule has 0 radical (unpaired) electrons. The zero-order chi connectivity index (χ0) is 20.1. The summed E-state index contributed by atoms with van der Waals surface area (Å²) in [5.41, 5.74) is 0.831. The minimum atomic E-state index is -3.67. The van der Waals surface area contributed by atoms with E-state index >= 15 is 0 Å². The van der Waals surface area contributed by atoms with Gasteiger partial charge < -0.3 is 10.1 Å². The molecular weight excluding hydrogens is 444 g/mol. The minimum Gasteiger partial charge on any atom is -0.495 e. The van der Waals surface area contributed by atoms with Crippen molar-refractivity contribution in [1.82, 2.24) is 10.3 Å². The van der Waals surface area contributed by atoms with Crippen LogP contribution in [0.5, 0.6) is 5.75 Å². The summed E-state index contributed by atoms with van der Waals surface area (Å²) >= 11 is 3.30. The van der Waals surface area contributed by atoms with Gasteiger partial charge in [-0.25, -0.2) is 8.42 Å². The van der Waals surface area contributed by atoms with E-state index in [0.717, 1.165) is 25.7 Å². The van der Waals surface area contributed by atoms with Crippen molar-refractivity contribution < 1.29 is 17.9 Å². The molecule has 3 rings (SSSR count). The van der Waals surface area contributed by atoms with Crippen molar-refractivity contribution in [2.24, 2.45) is 0 Å². The Morgan fingerprint density at radius 2 is 1.96 bits per heavy atom. The molecule has 1 fully saturated rings. The third-order valence-electron chi connectivity index (χ3n) is 4.81. The summed E-state index contributed by atoms with van der Waals surface area (Å²) in [6, 6.07) is 6.60. The number of benzene rings is 1. The van der Waals surface area contributed by atoms with E-state index in [1.165, 1.54) is 32.0 Å². The van der Waals surface area contributed by atoms with E-state index in [0.29, 0.717) is 15.6 Å². The molecule has 1 amide bonds. The standard InChI is InChI=1S/C20H23BrN2O4S/c1-27-18-8-7-16(21)10-19(18)28(25,26)13-14-9-15(12-22-11-14)20(24)23-17-5-3-2-4-6-17/h7-12,17H,2-6,13H2,1H3,(H,23,24). The van der Waals surface area contributed by atoms with Gasteiger partial charge in [0.2, 0.25) is 0 Å². The number of aromatic nitrogens is 1. The van der Waals surface area contributed by atoms with E-state index < -0.39 is 9.84 Å². The highest BCUT2D eigenvalue weighted by Gasteiger charge is 2.22. The third-order valence-corrected chi connectivity index (χ3v) is 7.01. The Labute approximate surface area is 173 Å². The number of pyridine rings is 1. The number of rotatable bonds is 6. The van der Waals surface area contributed by atoms with Gasteiger partial charge in [-0.15, -0.1) is 0 Å². The highest BCUT2D eigenvalue weighted by atomic mass is 79.9. The number of carbonyl (C=O) groups excluding carboxylic acids is 1. The number of methoxy groups -OCH3 is 1. The molecule has 28 heavy (non-hydrogen) atoms. The summed E-state index contributed by atoms with van der Waals surface area (Å²) in [4.78, 5) is 16.7. The van der Waals surface area contributed by atoms with Crippen LogP contribution in [0.25, 0.3) is 0 Å². The first kappa shape index (κ1) is 20.8. The lowest BCUT2D eigenvalue weighted by atomic mass is 9.95. The van der Waals surface area contributed by atoms with Gasteiger partial charge in [-0.2, -0.15) is 0 Å². The summed E-state index contributed by atoms with van der Waals surface area (Å²) in [6.45, 7) is 0. The Bertz CT molecular complexity index is 956. The number of hydrogen-bond donors (Lipinski definition) is 1. The van der Waals surface area contributed by atoms with Crippen LogP contribution in [0.15, 0.2) is 46.0 Å². The maximum Gasteiger partial charge on any atom is 0.253 e. The second kappa shape index (κ2) is 9.05. The Morgan fingerprint density at radius 1 is 1.21 bits per heavy atom. The van der Waals surface area contributed by atoms with E-state index in [1.807, 2.05) is 0 Å². The van der Waals surface area contributed by atoms with E-state index in [4.69, 9.17) is 4.74 Å². The van der Waals surface area contributed by atoms with Crippen molar-refractivity contribution in [3.8, 4) is 5.75 Å². The van der Waals surface area contributed by atoms with Crippen molar-refractivity contribution in [2.75, 3.05) is 7.11 Å². The largest absolute Gasteiger partial charge is 0.495 e. The van der Waals surface area contributed by atoms with Gasteiger partial charge in [0.05, 0.1) is 18.4 Å². The molecule has 8 heteroatoms. The van der Waals surface area contributed by atoms with Gasteiger partial charge in [-0.1, -0.05) is 35.2 Å². The molecule has 1 heterocycles. The molecule has 1 aromatic heterocycles. The number of sulfone groups is 1. The molecule has 6 nitrogen and oxygen atoms in total. The fraction of sp³-hybridized carbons (Fsp3) is 0.400. The molecule has 0 saturated heterocycles. The van der Waals surface area contributed by atoms with E-state index in [9.17, 15) is 13.2 Å². The predicted octanol–water partition coefficient (Wildman–Crippen LogP) is 3.89. The quantitative estimate of drug-likeness (QED) is 0.697. The average Bonchev–Trinajstić information content (AvgIpc) is 2.68. The first-order valence-electron chi connectivity index (χ1n) is 9.20. The molecule has 1 aliphatic carbocycles. The SMILES string of the molecule is COc1ccc(Br)cc1S(=O)(=O)Cc1cncc(C(=O)NC2CCCCC2)c1. The number of nitrogens with one attached hydrogen (secondary N) is 1. The highest BCUT2D eigenvalue weighted by molar-refractivity contribution is 9.10. The van der Waals surface area contributed by atoms with Crippen LogP contribution >= 0.6 is 15.9 Å². The van der Waals surface area contributed by atoms with E-state index in [2.05, 4.69) is 26.2 Å². The second-order valence-electron chi connectivity index (χ2n) is 6.94. The number of hydrogen-bond acceptors (Lipinski definition) is 5. The Hall–Kier alpha value is -1.93. The molecule has 0 aliphatic heterocycles. The van der Waals surface area contributed by atoms with Crippen LogP contribution in [-0.4, -0.2) is 32.5 Å². The summed E-state index contributed by atoms with van der Waals surface area (Å²) in [7, 11) is -2.24. The summed E-state index contributed by atoms with van der Waals surface area (Å²) in [6.07, 6.45) is 8.35. The summed E-state index contributed by atoms with van der Waals surface area (Å²) in [5.74, 6) is -0.196. The monoisotopic (exact) mass is 466 g/mol. The van der Waals surface area contributed by atoms with Gasteiger partial charge in [0, 0.05) is 22.9 Å². The van der Waals surface area contributed by atoms with Crippen LogP contribution in [0, 0.1) is 0 Å². The molecule has 0 spiro atoms. The zero-order valence-electron chi connectivity index (χ0n) is 15.7. The summed E-state index contributed by atoms with van der Waals surface area (Å²) in [5, 5.41) is 3.03. The number of carbonyl (C=O) groups is 1. The van der Waals surface area contributed by atoms with E-state index in [1.54, 1.807) is 18.2 Å². The smallest absolute Gasteiger partial charge is 0.253 e. The maximum atomic E-state index is 12.9. The fourth-order valence-corrected chi connectivity index (χ4v) is 5.43. The Morgan fingerprint density at radius 3 is 2.68 bits per heavy atom. The molecule has 1 aromatic carbocycles. The topological polar surface area (TPSA) is 85.4 Å². The zero-order valence-corrected chi connectivity index (χ0v) is 18.1. The fourth-order valence-electron chi connectivity index (χ4n) is 3.40. The van der Waals surface area contributed by atoms with Gasteiger partial charge in [0.25, 0.3) is 5.91 Å². The number of ether oxygens (including phenoxy) is 1. The molecule has 0 unspecified atom stereocenters. The maximum absolute atomic E-state index is 12.9. The average molecular weight is 467 g/mol. The van der Waals surface area contributed by atoms with Crippen molar-refractivity contribution in [3.63, 3.8) is 0 Å². The second-order valence-corrected chi connectivity index (χ2v) is 9.82. The van der Waals surface area contributed by atoms with Crippen LogP contribution in [0.2, 0.25) is 0 Å². The molecule has 2 aromatic rings. The van der Waals surface area contributed by atoms with Gasteiger partial charge in [0.15, 0.2) is 9.84 Å². The molecule has 1 aliphatic rings. The first-order chi connectivity index (χ1) is 13.4. The van der Waals surface area contributed by atoms with E-state index in [-0.39, 0.29) is 28.3 Å². The Kier molecular flexibility index (Phi) is 6.72. The van der Waals surface area contributed by atoms with Crippen molar-refractivity contribution >= 4 is 31.7 Å². The number of nitrogens with zero attached hydrogens (tertiary/aromatic N) is 1. The lowest BCUT2D eigenvalue weighted by molar-refractivity contribution is 0.0927. The molecule has 0 atom stereocenters. The number of halogens is 1. The first-order valence-corrected chi connectivity index (χ1v) is 11.6. The van der Waals surface area contributed by atoms with Crippen molar-refractivity contribution in [3.05, 3.63) is 52.3 Å². The van der Waals surface area contributed by atoms with Crippen LogP contribution < -0.4 is 10.1 Å². The molecular formula is C20H23BrN2O4S. The third kappa shape index (κ3) is 5.11. The molecule has 150 valence electrons. The molecule has 1 saturated carbocycles. The van der Waals surface area contributed by atoms with Gasteiger partial charge in [0.1, 0.15) is 10.6 Å². The minimum absolute atomic E-state index is 0.0986. The lowest BCUT2D eigenvalue weighted by Crippen LogP contribution is -2.36. The van der Waals surface area contributed by atoms with Crippen molar-refractivity contribution in [2.45, 2.75) is 48.8 Å². The molecule has 0 bridgehead atoms.